The van der Waals surface area contributed by atoms with Gasteiger partial charge in [-0.1, -0.05) is 127 Å². The van der Waals surface area contributed by atoms with Gasteiger partial charge in [0.25, 0.3) is 0 Å². The van der Waals surface area contributed by atoms with Crippen molar-refractivity contribution in [3.8, 4) is 0 Å². The molecule has 0 atom stereocenters. The Hall–Kier alpha value is -4.62. The summed E-state index contributed by atoms with van der Waals surface area (Å²) in [6.45, 7) is 8.49. The van der Waals surface area contributed by atoms with E-state index in [1.807, 2.05) is 6.07 Å². The molecular formula is C39H37N. The smallest absolute Gasteiger partial charge is 0.0452 e. The van der Waals surface area contributed by atoms with Crippen LogP contribution in [0.25, 0.3) is 18.4 Å². The number of rotatable bonds is 7. The zero-order chi connectivity index (χ0) is 27.7. The van der Waals surface area contributed by atoms with Crippen LogP contribution in [0.2, 0.25) is 0 Å². The van der Waals surface area contributed by atoms with Crippen LogP contribution in [0, 0.1) is 17.4 Å². The number of allylic oxidation sites excluding steroid dienone is 8. The Balaban J connectivity index is 1.57. The minimum absolute atomic E-state index is 0.908. The summed E-state index contributed by atoms with van der Waals surface area (Å²) in [5, 5.41) is 4.56. The van der Waals surface area contributed by atoms with E-state index in [2.05, 4.69) is 159 Å². The number of nitrogens with zero attached hydrogens (tertiary/aromatic N) is 1. The second kappa shape index (κ2) is 13.0. The molecule has 0 saturated heterocycles. The van der Waals surface area contributed by atoms with Crippen molar-refractivity contribution in [2.75, 3.05) is 4.90 Å². The average Bonchev–Trinajstić information content (AvgIpc) is 3.00. The number of anilines is 1. The first kappa shape index (κ1) is 27.0. The van der Waals surface area contributed by atoms with Crippen LogP contribution in [0.3, 0.4) is 0 Å². The molecule has 0 spiro atoms. The molecule has 1 aliphatic carbocycles. The van der Waals surface area contributed by atoms with E-state index in [1.54, 1.807) is 0 Å². The Morgan fingerprint density at radius 3 is 2.27 bits per heavy atom. The van der Waals surface area contributed by atoms with Gasteiger partial charge in [0.1, 0.15) is 0 Å². The third-order valence-electron chi connectivity index (χ3n) is 7.34. The second-order valence-corrected chi connectivity index (χ2v) is 10.3. The molecule has 1 aliphatic rings. The molecule has 0 fully saturated rings. The van der Waals surface area contributed by atoms with Crippen LogP contribution in [-0.4, -0.2) is 0 Å². The highest BCUT2D eigenvalue weighted by molar-refractivity contribution is 5.76. The highest BCUT2D eigenvalue weighted by atomic mass is 15.1. The van der Waals surface area contributed by atoms with Crippen LogP contribution in [0.5, 0.6) is 0 Å². The van der Waals surface area contributed by atoms with E-state index >= 15 is 0 Å². The van der Waals surface area contributed by atoms with Gasteiger partial charge in [0, 0.05) is 17.6 Å². The molecular weight excluding hydrogens is 482 g/mol. The third-order valence-corrected chi connectivity index (χ3v) is 7.34. The summed E-state index contributed by atoms with van der Waals surface area (Å²) in [6, 6.07) is 34.7. The molecule has 0 amide bonds. The van der Waals surface area contributed by atoms with Crippen LogP contribution in [0.4, 0.5) is 5.69 Å². The van der Waals surface area contributed by atoms with Crippen LogP contribution in [-0.2, 0) is 6.42 Å². The van der Waals surface area contributed by atoms with Crippen molar-refractivity contribution in [3.05, 3.63) is 177 Å². The molecule has 0 aromatic heterocycles. The molecule has 0 bridgehead atoms. The molecule has 0 aliphatic heterocycles. The van der Waals surface area contributed by atoms with E-state index in [0.29, 0.717) is 0 Å². The van der Waals surface area contributed by atoms with Crippen molar-refractivity contribution in [2.45, 2.75) is 33.1 Å². The van der Waals surface area contributed by atoms with Crippen molar-refractivity contribution in [1.82, 2.24) is 0 Å². The van der Waals surface area contributed by atoms with Crippen molar-refractivity contribution in [2.24, 2.45) is 0 Å². The zero-order valence-corrected chi connectivity index (χ0v) is 23.6. The van der Waals surface area contributed by atoms with Crippen LogP contribution >= 0.6 is 0 Å². The van der Waals surface area contributed by atoms with Gasteiger partial charge in [-0.2, -0.15) is 0 Å². The second-order valence-electron chi connectivity index (χ2n) is 10.3. The highest BCUT2D eigenvalue weighted by Crippen LogP contribution is 2.27. The summed E-state index contributed by atoms with van der Waals surface area (Å²) in [6.07, 6.45) is 18.5. The first-order chi connectivity index (χ1) is 19.6. The van der Waals surface area contributed by atoms with E-state index < -0.39 is 0 Å². The number of hydrogen-bond acceptors (Lipinski definition) is 1. The maximum atomic E-state index is 4.29. The monoisotopic (exact) mass is 519 g/mol. The number of benzene rings is 4. The molecule has 0 N–H and O–H groups in total. The van der Waals surface area contributed by atoms with Crippen molar-refractivity contribution in [1.29, 1.82) is 0 Å². The van der Waals surface area contributed by atoms with Gasteiger partial charge < -0.3 is 4.90 Å². The van der Waals surface area contributed by atoms with Crippen molar-refractivity contribution >= 4 is 24.0 Å². The first-order valence-electron chi connectivity index (χ1n) is 14.1. The Morgan fingerprint density at radius 2 is 1.57 bits per heavy atom. The first-order valence-corrected chi connectivity index (χ1v) is 14.1. The summed E-state index contributed by atoms with van der Waals surface area (Å²) in [7, 11) is 0. The van der Waals surface area contributed by atoms with E-state index in [1.165, 1.54) is 38.4 Å². The van der Waals surface area contributed by atoms with Gasteiger partial charge in [0.15, 0.2) is 0 Å². The molecule has 5 rings (SSSR count). The normalized spacial score (nSPS) is 14.9. The lowest BCUT2D eigenvalue weighted by atomic mass is 10.0. The summed E-state index contributed by atoms with van der Waals surface area (Å²) < 4.78 is 0. The minimum atomic E-state index is 0.908. The quantitative estimate of drug-likeness (QED) is 0.222. The van der Waals surface area contributed by atoms with Crippen LogP contribution in [0.1, 0.15) is 36.5 Å². The molecule has 0 saturated carbocycles. The molecule has 1 nitrogen and oxygen atoms in total. The molecule has 40 heavy (non-hydrogen) atoms. The maximum Gasteiger partial charge on any atom is 0.0452 e. The number of aryl methyl sites for hydroxylation is 1. The number of hydrogen-bond donors (Lipinski definition) is 0. The standard InChI is InChI=1S/C39H37N/c1-4-12-33(24-23-32-21-19-30(2)20-22-32)34-25-27-37(28-26-34)40(36-15-6-5-7-16-36)29-35-14-9-11-18-39(35)38-17-10-8-13-31(38)3/h4-6,8-15,17-22,24-29H,3,7,16,23H2,1-2H3/b12-4-,33-24+,35-29+,39-38-. The molecule has 1 heteroatoms. The van der Waals surface area contributed by atoms with E-state index in [9.17, 15) is 0 Å². The lowest BCUT2D eigenvalue weighted by Crippen LogP contribution is -2.21. The third kappa shape index (κ3) is 6.50. The van der Waals surface area contributed by atoms with Gasteiger partial charge in [-0.15, -0.1) is 0 Å². The Labute approximate surface area is 238 Å². The van der Waals surface area contributed by atoms with Gasteiger partial charge in [0.05, 0.1) is 0 Å². The lowest BCUT2D eigenvalue weighted by molar-refractivity contribution is 0.926. The lowest BCUT2D eigenvalue weighted by Gasteiger charge is -2.25. The summed E-state index contributed by atoms with van der Waals surface area (Å²) in [4.78, 5) is 2.35. The van der Waals surface area contributed by atoms with Crippen molar-refractivity contribution < 1.29 is 0 Å². The summed E-state index contributed by atoms with van der Waals surface area (Å²) >= 11 is 0. The van der Waals surface area contributed by atoms with E-state index in [4.69, 9.17) is 0 Å². The largest absolute Gasteiger partial charge is 0.320 e. The van der Waals surface area contributed by atoms with Crippen LogP contribution < -0.4 is 15.3 Å². The molecule has 0 radical (unpaired) electrons. The predicted octanol–water partition coefficient (Wildman–Crippen LogP) is 8.37. The SMILES string of the molecule is C=c1cccc/c1=c1\cccc\c1=C/N(C1=CC=CCC1)c1ccc(C(/C=C\C)=C/Cc2ccc(C)cc2)cc1. The summed E-state index contributed by atoms with van der Waals surface area (Å²) in [5.41, 5.74) is 7.52. The molecule has 0 unspecified atom stereocenters. The van der Waals surface area contributed by atoms with Gasteiger partial charge in [-0.25, -0.2) is 0 Å². The molecule has 198 valence electrons. The fraction of sp³-hybridized carbons (Fsp3) is 0.128. The molecule has 4 aromatic carbocycles. The Morgan fingerprint density at radius 1 is 0.850 bits per heavy atom. The van der Waals surface area contributed by atoms with Gasteiger partial charge >= 0.3 is 0 Å². The van der Waals surface area contributed by atoms with Gasteiger partial charge in [0.2, 0.25) is 0 Å². The average molecular weight is 520 g/mol. The van der Waals surface area contributed by atoms with E-state index in [0.717, 1.165) is 35.4 Å². The fourth-order valence-corrected chi connectivity index (χ4v) is 5.12. The Kier molecular flexibility index (Phi) is 8.73. The van der Waals surface area contributed by atoms with Crippen molar-refractivity contribution in [3.63, 3.8) is 0 Å². The van der Waals surface area contributed by atoms with Gasteiger partial charge in [-0.05, 0) is 88.9 Å². The van der Waals surface area contributed by atoms with E-state index in [-0.39, 0.29) is 0 Å². The highest BCUT2D eigenvalue weighted by Gasteiger charge is 2.12. The maximum absolute atomic E-state index is 4.29. The summed E-state index contributed by atoms with van der Waals surface area (Å²) in [5.74, 6) is 0. The topological polar surface area (TPSA) is 3.24 Å². The van der Waals surface area contributed by atoms with Crippen LogP contribution in [0.15, 0.2) is 139 Å². The Bertz CT molecular complexity index is 1780. The molecule has 0 heterocycles. The predicted molar refractivity (Wildman–Crippen MR) is 173 cm³/mol. The minimum Gasteiger partial charge on any atom is -0.320 e. The fourth-order valence-electron chi connectivity index (χ4n) is 5.12. The molecule has 4 aromatic rings. The van der Waals surface area contributed by atoms with Gasteiger partial charge in [-0.3, -0.25) is 0 Å². The zero-order valence-electron chi connectivity index (χ0n) is 23.6.